The maximum Gasteiger partial charge on any atom is 0.359 e. The summed E-state index contributed by atoms with van der Waals surface area (Å²) in [7, 11) is -3.55. The molecule has 10 heteroatoms. The highest BCUT2D eigenvalue weighted by molar-refractivity contribution is 7.54. The van der Waals surface area contributed by atoms with E-state index in [0.29, 0.717) is 12.8 Å². The Kier molecular flexibility index (Phi) is 6.99. The van der Waals surface area contributed by atoms with E-state index in [1.165, 1.54) is 16.8 Å². The molecule has 26 heavy (non-hydrogen) atoms. The molecule has 9 nitrogen and oxygen atoms in total. The topological polar surface area (TPSA) is 126 Å². The van der Waals surface area contributed by atoms with E-state index in [0.717, 1.165) is 0 Å². The third-order valence-electron chi connectivity index (χ3n) is 3.93. The zero-order valence-electron chi connectivity index (χ0n) is 15.6. The van der Waals surface area contributed by atoms with E-state index < -0.39 is 31.3 Å². The van der Waals surface area contributed by atoms with E-state index in [9.17, 15) is 14.5 Å². The molecule has 1 saturated heterocycles. The summed E-state index contributed by atoms with van der Waals surface area (Å²) in [6, 6.07) is 1.07. The van der Waals surface area contributed by atoms with Crippen LogP contribution in [0.15, 0.2) is 17.1 Å². The summed E-state index contributed by atoms with van der Waals surface area (Å²) in [4.78, 5) is 15.8. The second-order valence-corrected chi connectivity index (χ2v) is 8.92. The second-order valence-electron chi connectivity index (χ2n) is 6.85. The van der Waals surface area contributed by atoms with Crippen molar-refractivity contribution in [3.05, 3.63) is 22.7 Å². The van der Waals surface area contributed by atoms with Crippen molar-refractivity contribution in [3.63, 3.8) is 0 Å². The molecule has 1 aromatic rings. The lowest BCUT2D eigenvalue weighted by Gasteiger charge is -2.39. The molecule has 2 rings (SSSR count). The fourth-order valence-corrected chi connectivity index (χ4v) is 5.27. The highest BCUT2D eigenvalue weighted by atomic mass is 31.2. The number of nitrogen functional groups attached to an aromatic ring is 1. The SMILES string of the molecule is CC(C)OP(=O)(OC(C)C)[C@H]1CC[C@@H](n2ccc(N)nc2=O)[C@@H](CO)O1. The van der Waals surface area contributed by atoms with Gasteiger partial charge in [0, 0.05) is 6.20 Å². The minimum absolute atomic E-state index is 0.126. The molecular formula is C16H28N3O6P. The lowest BCUT2D eigenvalue weighted by molar-refractivity contribution is -0.0814. The fraction of sp³-hybridized carbons (Fsp3) is 0.750. The van der Waals surface area contributed by atoms with Crippen LogP contribution in [0.1, 0.15) is 46.6 Å². The third-order valence-corrected chi connectivity index (χ3v) is 6.44. The Morgan fingerprint density at radius 3 is 2.46 bits per heavy atom. The normalized spacial score (nSPS) is 24.3. The molecule has 0 aromatic carbocycles. The number of nitrogens with two attached hydrogens (primary N) is 1. The molecule has 0 bridgehead atoms. The largest absolute Gasteiger partial charge is 0.394 e. The summed E-state index contributed by atoms with van der Waals surface area (Å²) in [5.74, 6) is -0.681. The van der Waals surface area contributed by atoms with Gasteiger partial charge in [0.15, 0.2) is 5.85 Å². The van der Waals surface area contributed by atoms with Gasteiger partial charge >= 0.3 is 13.3 Å². The molecule has 0 spiro atoms. The van der Waals surface area contributed by atoms with Crippen LogP contribution in [0.4, 0.5) is 5.82 Å². The molecule has 0 saturated carbocycles. The zero-order valence-corrected chi connectivity index (χ0v) is 16.5. The lowest BCUT2D eigenvalue weighted by atomic mass is 10.0. The summed E-state index contributed by atoms with van der Waals surface area (Å²) in [6.07, 6.45) is 0.978. The van der Waals surface area contributed by atoms with Gasteiger partial charge in [0.1, 0.15) is 11.9 Å². The van der Waals surface area contributed by atoms with Crippen LogP contribution in [0.25, 0.3) is 0 Å². The minimum Gasteiger partial charge on any atom is -0.394 e. The third kappa shape index (κ3) is 4.92. The van der Waals surface area contributed by atoms with Crippen LogP contribution in [-0.4, -0.2) is 45.4 Å². The van der Waals surface area contributed by atoms with Gasteiger partial charge in [0.2, 0.25) is 0 Å². The second kappa shape index (κ2) is 8.63. The highest BCUT2D eigenvalue weighted by Gasteiger charge is 2.45. The van der Waals surface area contributed by atoms with Gasteiger partial charge in [-0.15, -0.1) is 0 Å². The summed E-state index contributed by atoms with van der Waals surface area (Å²) in [5, 5.41) is 9.76. The molecular weight excluding hydrogens is 361 g/mol. The van der Waals surface area contributed by atoms with Crippen molar-refractivity contribution < 1.29 is 23.5 Å². The molecule has 1 aliphatic heterocycles. The van der Waals surface area contributed by atoms with Gasteiger partial charge in [-0.1, -0.05) is 0 Å². The quantitative estimate of drug-likeness (QED) is 0.677. The maximum absolute atomic E-state index is 13.3. The molecule has 0 aliphatic carbocycles. The van der Waals surface area contributed by atoms with Gasteiger partial charge in [0.05, 0.1) is 24.9 Å². The number of aromatic nitrogens is 2. The molecule has 0 radical (unpaired) electrons. The molecule has 1 aromatic heterocycles. The van der Waals surface area contributed by atoms with Crippen LogP contribution in [0.3, 0.4) is 0 Å². The number of aliphatic hydroxyl groups is 1. The van der Waals surface area contributed by atoms with Crippen LogP contribution < -0.4 is 11.4 Å². The van der Waals surface area contributed by atoms with Crippen LogP contribution >= 0.6 is 7.60 Å². The number of anilines is 1. The van der Waals surface area contributed by atoms with E-state index in [1.54, 1.807) is 27.7 Å². The predicted octanol–water partition coefficient (Wildman–Crippen LogP) is 1.91. The van der Waals surface area contributed by atoms with Crippen molar-refractivity contribution in [1.82, 2.24) is 9.55 Å². The smallest absolute Gasteiger partial charge is 0.359 e. The van der Waals surface area contributed by atoms with Crippen molar-refractivity contribution in [2.45, 2.75) is 70.7 Å². The number of nitrogens with zero attached hydrogens (tertiary/aromatic N) is 2. The molecule has 3 N–H and O–H groups in total. The van der Waals surface area contributed by atoms with Gasteiger partial charge in [0.25, 0.3) is 0 Å². The number of hydrogen-bond acceptors (Lipinski definition) is 8. The van der Waals surface area contributed by atoms with Crippen molar-refractivity contribution in [3.8, 4) is 0 Å². The van der Waals surface area contributed by atoms with Crippen LogP contribution in [-0.2, 0) is 18.3 Å². The van der Waals surface area contributed by atoms with E-state index >= 15 is 0 Å². The average Bonchev–Trinajstić information content (AvgIpc) is 2.53. The Morgan fingerprint density at radius 1 is 1.35 bits per heavy atom. The van der Waals surface area contributed by atoms with Crippen LogP contribution in [0, 0.1) is 0 Å². The minimum atomic E-state index is -3.55. The Labute approximate surface area is 153 Å². The monoisotopic (exact) mass is 389 g/mol. The number of ether oxygens (including phenoxy) is 1. The Balaban J connectivity index is 2.24. The Morgan fingerprint density at radius 2 is 1.96 bits per heavy atom. The van der Waals surface area contributed by atoms with E-state index in [4.69, 9.17) is 19.5 Å². The van der Waals surface area contributed by atoms with Crippen molar-refractivity contribution in [2.75, 3.05) is 12.3 Å². The molecule has 3 atom stereocenters. The van der Waals surface area contributed by atoms with E-state index in [2.05, 4.69) is 4.98 Å². The molecule has 2 heterocycles. The number of aliphatic hydroxyl groups excluding tert-OH is 1. The first kappa shape index (κ1) is 21.1. The molecule has 1 fully saturated rings. The number of hydrogen-bond donors (Lipinski definition) is 2. The molecule has 1 aliphatic rings. The summed E-state index contributed by atoms with van der Waals surface area (Å²) in [5.41, 5.74) is 5.00. The van der Waals surface area contributed by atoms with Gasteiger partial charge in [-0.2, -0.15) is 4.98 Å². The predicted molar refractivity (Wildman–Crippen MR) is 97.0 cm³/mol. The van der Waals surface area contributed by atoms with Crippen molar-refractivity contribution in [2.24, 2.45) is 0 Å². The van der Waals surface area contributed by atoms with E-state index in [-0.39, 0.29) is 24.6 Å². The van der Waals surface area contributed by atoms with Crippen molar-refractivity contribution in [1.29, 1.82) is 0 Å². The molecule has 148 valence electrons. The van der Waals surface area contributed by atoms with Gasteiger partial charge in [-0.3, -0.25) is 9.13 Å². The first-order valence-electron chi connectivity index (χ1n) is 8.73. The highest BCUT2D eigenvalue weighted by Crippen LogP contribution is 2.59. The Bertz CT molecular complexity index is 693. The summed E-state index contributed by atoms with van der Waals surface area (Å²) in [6.45, 7) is 6.73. The van der Waals surface area contributed by atoms with Gasteiger partial charge < -0.3 is 24.6 Å². The lowest BCUT2D eigenvalue weighted by Crippen LogP contribution is -2.43. The summed E-state index contributed by atoms with van der Waals surface area (Å²) >= 11 is 0. The van der Waals surface area contributed by atoms with Crippen LogP contribution in [0.2, 0.25) is 0 Å². The van der Waals surface area contributed by atoms with Crippen molar-refractivity contribution >= 4 is 13.4 Å². The van der Waals surface area contributed by atoms with E-state index in [1.807, 2.05) is 0 Å². The molecule has 0 unspecified atom stereocenters. The zero-order chi connectivity index (χ0) is 19.5. The maximum atomic E-state index is 13.3. The summed E-state index contributed by atoms with van der Waals surface area (Å²) < 4.78 is 31.7. The van der Waals surface area contributed by atoms with Gasteiger partial charge in [-0.05, 0) is 46.6 Å². The standard InChI is InChI=1S/C16H28N3O6P/c1-10(2)24-26(22,25-11(3)4)15-6-5-12(13(9-20)23-15)19-8-7-14(17)18-16(19)21/h7-8,10-13,15,20H,5-6,9H2,1-4H3,(H2,17,18,21)/t12-,13-,15+/m1/s1. The number of rotatable bonds is 7. The van der Waals surface area contributed by atoms with Gasteiger partial charge in [-0.25, -0.2) is 4.79 Å². The fourth-order valence-electron chi connectivity index (χ4n) is 3.00. The first-order valence-corrected chi connectivity index (χ1v) is 10.3. The average molecular weight is 389 g/mol. The molecule has 0 amide bonds. The van der Waals surface area contributed by atoms with Crippen LogP contribution in [0.5, 0.6) is 0 Å². The first-order chi connectivity index (χ1) is 12.2. The Hall–Kier alpha value is -1.25.